The van der Waals surface area contributed by atoms with Crippen molar-refractivity contribution < 1.29 is 27.1 Å². The molecule has 3 aromatic rings. The number of benzene rings is 2. The molecule has 2 heterocycles. The fourth-order valence-electron chi connectivity index (χ4n) is 3.28. The molecule has 1 aromatic heterocycles. The Morgan fingerprint density at radius 1 is 0.969 bits per heavy atom. The number of Topliss-reactive ketones (excluding diaryl/α,β-unsaturated/α-hetero) is 1. The summed E-state index contributed by atoms with van der Waals surface area (Å²) in [6.07, 6.45) is 3.58. The highest BCUT2D eigenvalue weighted by molar-refractivity contribution is 5.81. The van der Waals surface area contributed by atoms with Crippen LogP contribution in [0.25, 0.3) is 0 Å². The molecule has 10 heteroatoms. The summed E-state index contributed by atoms with van der Waals surface area (Å²) < 4.78 is 59.2. The van der Waals surface area contributed by atoms with Gasteiger partial charge >= 0.3 is 0 Å². The number of nitrogens with one attached hydrogen (secondary N) is 1. The smallest absolute Gasteiger partial charge is 0.227 e. The number of carbonyl (C=O) groups excluding carboxylic acids is 1. The highest BCUT2D eigenvalue weighted by Crippen LogP contribution is 2.25. The Kier molecular flexibility index (Phi) is 6.20. The van der Waals surface area contributed by atoms with Gasteiger partial charge in [-0.25, -0.2) is 27.5 Å². The lowest BCUT2D eigenvalue weighted by Crippen LogP contribution is -2.33. The van der Waals surface area contributed by atoms with Gasteiger partial charge in [0, 0.05) is 43.4 Å². The molecule has 0 unspecified atom stereocenters. The molecule has 1 saturated heterocycles. The Labute approximate surface area is 180 Å². The number of rotatable bonds is 6. The maximum atomic E-state index is 13.7. The molecule has 6 nitrogen and oxygen atoms in total. The molecule has 0 atom stereocenters. The van der Waals surface area contributed by atoms with E-state index in [2.05, 4.69) is 20.2 Å². The van der Waals surface area contributed by atoms with E-state index in [9.17, 15) is 22.4 Å². The van der Waals surface area contributed by atoms with Crippen LogP contribution in [0.15, 0.2) is 42.7 Å². The summed E-state index contributed by atoms with van der Waals surface area (Å²) in [5.41, 5.74) is 0.835. The average molecular weight is 446 g/mol. The van der Waals surface area contributed by atoms with Gasteiger partial charge in [0.2, 0.25) is 5.95 Å². The zero-order chi connectivity index (χ0) is 22.7. The standard InChI is InChI=1S/C22H18F4N4O2/c23-18-9-19(24)21(26)17(20(18)25)12-32-16-10-27-22(28-11-16)29-13-2-1-3-14(8-13)30-6-4-15(31)5-7-30/h1-3,8-11H,4-7,12H2,(H,27,28,29). The predicted molar refractivity (Wildman–Crippen MR) is 109 cm³/mol. The number of aromatic nitrogens is 2. The van der Waals surface area contributed by atoms with Crippen LogP contribution < -0.4 is 15.0 Å². The van der Waals surface area contributed by atoms with Crippen LogP contribution in [0.1, 0.15) is 18.4 Å². The zero-order valence-corrected chi connectivity index (χ0v) is 16.7. The largest absolute Gasteiger partial charge is 0.485 e. The Hall–Kier alpha value is -3.69. The van der Waals surface area contributed by atoms with Crippen LogP contribution in [-0.2, 0) is 11.4 Å². The topological polar surface area (TPSA) is 67.4 Å². The maximum absolute atomic E-state index is 13.7. The summed E-state index contributed by atoms with van der Waals surface area (Å²) >= 11 is 0. The van der Waals surface area contributed by atoms with E-state index in [-0.39, 0.29) is 23.5 Å². The Morgan fingerprint density at radius 3 is 2.28 bits per heavy atom. The van der Waals surface area contributed by atoms with E-state index in [1.165, 1.54) is 12.4 Å². The Balaban J connectivity index is 1.40. The second-order valence-electron chi connectivity index (χ2n) is 7.18. The lowest BCUT2D eigenvalue weighted by Gasteiger charge is -2.28. The van der Waals surface area contributed by atoms with Crippen LogP contribution in [0.3, 0.4) is 0 Å². The van der Waals surface area contributed by atoms with Crippen LogP contribution in [0, 0.1) is 23.3 Å². The molecule has 0 saturated carbocycles. The fourth-order valence-corrected chi connectivity index (χ4v) is 3.28. The van der Waals surface area contributed by atoms with Crippen molar-refractivity contribution in [3.05, 3.63) is 71.6 Å². The lowest BCUT2D eigenvalue weighted by atomic mass is 10.1. The zero-order valence-electron chi connectivity index (χ0n) is 16.7. The first-order chi connectivity index (χ1) is 15.4. The number of carbonyl (C=O) groups is 1. The van der Waals surface area contributed by atoms with E-state index >= 15 is 0 Å². The molecule has 1 fully saturated rings. The minimum atomic E-state index is -1.51. The number of piperidine rings is 1. The molecule has 0 aliphatic carbocycles. The first kappa shape index (κ1) is 21.5. The molecule has 1 N–H and O–H groups in total. The van der Waals surface area contributed by atoms with Gasteiger partial charge in [0.25, 0.3) is 0 Å². The summed E-state index contributed by atoms with van der Waals surface area (Å²) in [4.78, 5) is 21.7. The van der Waals surface area contributed by atoms with Crippen LogP contribution in [0.5, 0.6) is 5.75 Å². The Bertz CT molecular complexity index is 1110. The molecule has 0 bridgehead atoms. The van der Waals surface area contributed by atoms with Gasteiger partial charge in [-0.3, -0.25) is 4.79 Å². The number of hydrogen-bond donors (Lipinski definition) is 1. The van der Waals surface area contributed by atoms with Crippen molar-refractivity contribution in [2.24, 2.45) is 0 Å². The number of hydrogen-bond acceptors (Lipinski definition) is 6. The summed E-state index contributed by atoms with van der Waals surface area (Å²) in [5, 5.41) is 3.04. The summed E-state index contributed by atoms with van der Waals surface area (Å²) in [5.74, 6) is -5.46. The normalized spacial score (nSPS) is 13.9. The van der Waals surface area contributed by atoms with Gasteiger partial charge in [-0.1, -0.05) is 6.07 Å². The fraction of sp³-hybridized carbons (Fsp3) is 0.227. The highest BCUT2D eigenvalue weighted by atomic mass is 19.2. The lowest BCUT2D eigenvalue weighted by molar-refractivity contribution is -0.119. The van der Waals surface area contributed by atoms with Crippen LogP contribution in [-0.4, -0.2) is 28.8 Å². The first-order valence-electron chi connectivity index (χ1n) is 9.81. The SMILES string of the molecule is O=C1CCN(c2cccc(Nc3ncc(OCc4c(F)c(F)cc(F)c4F)cn3)c2)CC1. The molecule has 1 aliphatic heterocycles. The molecular weight excluding hydrogens is 428 g/mol. The van der Waals surface area contributed by atoms with Crippen molar-refractivity contribution in [1.82, 2.24) is 9.97 Å². The van der Waals surface area contributed by atoms with E-state index in [0.717, 1.165) is 11.4 Å². The van der Waals surface area contributed by atoms with Crippen LogP contribution >= 0.6 is 0 Å². The number of nitrogens with zero attached hydrogens (tertiary/aromatic N) is 3. The number of anilines is 3. The molecule has 166 valence electrons. The van der Waals surface area contributed by atoms with E-state index < -0.39 is 35.4 Å². The number of halogens is 4. The molecular formula is C22H18F4N4O2. The van der Waals surface area contributed by atoms with Gasteiger partial charge in [0.05, 0.1) is 18.0 Å². The summed E-state index contributed by atoms with van der Waals surface area (Å²) in [6, 6.07) is 7.70. The summed E-state index contributed by atoms with van der Waals surface area (Å²) in [7, 11) is 0. The van der Waals surface area contributed by atoms with Gasteiger partial charge in [0.15, 0.2) is 29.0 Å². The van der Waals surface area contributed by atoms with Crippen molar-refractivity contribution >= 4 is 23.1 Å². The molecule has 4 rings (SSSR count). The minimum absolute atomic E-state index is 0.0609. The van der Waals surface area contributed by atoms with E-state index in [1.807, 2.05) is 24.3 Å². The summed E-state index contributed by atoms with van der Waals surface area (Å²) in [6.45, 7) is 0.602. The van der Waals surface area contributed by atoms with E-state index in [1.54, 1.807) is 0 Å². The minimum Gasteiger partial charge on any atom is -0.485 e. The first-order valence-corrected chi connectivity index (χ1v) is 9.81. The third-order valence-corrected chi connectivity index (χ3v) is 5.00. The van der Waals surface area contributed by atoms with Gasteiger partial charge in [-0.2, -0.15) is 0 Å². The predicted octanol–water partition coefficient (Wildman–Crippen LogP) is 4.52. The monoisotopic (exact) mass is 446 g/mol. The number of ether oxygens (including phenoxy) is 1. The van der Waals surface area contributed by atoms with E-state index in [4.69, 9.17) is 4.74 Å². The van der Waals surface area contributed by atoms with Gasteiger partial charge < -0.3 is 15.0 Å². The van der Waals surface area contributed by atoms with Crippen molar-refractivity contribution in [1.29, 1.82) is 0 Å². The van der Waals surface area contributed by atoms with Gasteiger partial charge in [0.1, 0.15) is 12.4 Å². The van der Waals surface area contributed by atoms with Crippen molar-refractivity contribution in [3.8, 4) is 5.75 Å². The van der Waals surface area contributed by atoms with Crippen LogP contribution in [0.2, 0.25) is 0 Å². The van der Waals surface area contributed by atoms with Crippen molar-refractivity contribution in [2.45, 2.75) is 19.4 Å². The van der Waals surface area contributed by atoms with E-state index in [0.29, 0.717) is 25.9 Å². The molecule has 0 amide bonds. The molecule has 2 aromatic carbocycles. The Morgan fingerprint density at radius 2 is 1.62 bits per heavy atom. The van der Waals surface area contributed by atoms with Crippen molar-refractivity contribution in [3.63, 3.8) is 0 Å². The third-order valence-electron chi connectivity index (χ3n) is 5.00. The van der Waals surface area contributed by atoms with Crippen molar-refractivity contribution in [2.75, 3.05) is 23.3 Å². The third kappa shape index (κ3) is 4.79. The second kappa shape index (κ2) is 9.21. The number of ketones is 1. The van der Waals surface area contributed by atoms with Crippen LogP contribution in [0.4, 0.5) is 34.9 Å². The molecule has 0 radical (unpaired) electrons. The second-order valence-corrected chi connectivity index (χ2v) is 7.18. The highest BCUT2D eigenvalue weighted by Gasteiger charge is 2.20. The average Bonchev–Trinajstić information content (AvgIpc) is 2.79. The molecule has 1 aliphatic rings. The maximum Gasteiger partial charge on any atom is 0.227 e. The molecule has 32 heavy (non-hydrogen) atoms. The quantitative estimate of drug-likeness (QED) is 0.444. The van der Waals surface area contributed by atoms with Gasteiger partial charge in [-0.15, -0.1) is 0 Å². The molecule has 0 spiro atoms. The van der Waals surface area contributed by atoms with Gasteiger partial charge in [-0.05, 0) is 18.2 Å².